The second-order valence-corrected chi connectivity index (χ2v) is 6.00. The van der Waals surface area contributed by atoms with E-state index in [1.165, 1.54) is 12.8 Å². The van der Waals surface area contributed by atoms with E-state index in [1.54, 1.807) is 12.4 Å². The minimum atomic E-state index is 0.0813. The Bertz CT molecular complexity index is 579. The molecular weight excluding hydrogens is 254 g/mol. The number of nitrogens with zero attached hydrogens (tertiary/aromatic N) is 5. The average molecular weight is 271 g/mol. The summed E-state index contributed by atoms with van der Waals surface area (Å²) < 4.78 is 1.85. The third kappa shape index (κ3) is 1.81. The molecule has 104 valence electrons. The summed E-state index contributed by atoms with van der Waals surface area (Å²) in [6.45, 7) is 2.65. The Morgan fingerprint density at radius 1 is 1.25 bits per heavy atom. The zero-order valence-electron chi connectivity index (χ0n) is 11.3. The third-order valence-corrected chi connectivity index (χ3v) is 4.64. The van der Waals surface area contributed by atoms with Crippen molar-refractivity contribution in [2.75, 3.05) is 19.6 Å². The smallest absolute Gasteiger partial charge is 0.240 e. The fraction of sp³-hybridized carbons (Fsp3) is 0.643. The standard InChI is InChI=1S/C14H17N5O/c15-5-10-6-16-19(7-10)12-8-17(9-12)13-3-4-18(14(13)20)11-1-2-11/h6-7,11-13H,1-4,8-9H2. The van der Waals surface area contributed by atoms with E-state index in [1.807, 2.05) is 4.68 Å². The van der Waals surface area contributed by atoms with Crippen molar-refractivity contribution in [3.05, 3.63) is 18.0 Å². The van der Waals surface area contributed by atoms with Crippen molar-refractivity contribution >= 4 is 5.91 Å². The highest BCUT2D eigenvalue weighted by Gasteiger charge is 2.46. The Morgan fingerprint density at radius 2 is 2.05 bits per heavy atom. The Balaban J connectivity index is 1.37. The van der Waals surface area contributed by atoms with Crippen LogP contribution in [0.1, 0.15) is 30.9 Å². The molecule has 1 atom stereocenters. The second-order valence-electron chi connectivity index (χ2n) is 6.00. The number of hydrogen-bond donors (Lipinski definition) is 0. The monoisotopic (exact) mass is 271 g/mol. The van der Waals surface area contributed by atoms with Gasteiger partial charge in [-0.3, -0.25) is 14.4 Å². The number of aromatic nitrogens is 2. The van der Waals surface area contributed by atoms with Crippen LogP contribution in [0.5, 0.6) is 0 Å². The van der Waals surface area contributed by atoms with Crippen LogP contribution in [0, 0.1) is 11.3 Å². The first kappa shape index (κ1) is 11.9. The molecule has 2 aliphatic heterocycles. The topological polar surface area (TPSA) is 65.2 Å². The minimum Gasteiger partial charge on any atom is -0.338 e. The molecule has 0 aromatic carbocycles. The number of carbonyl (C=O) groups excluding carboxylic acids is 1. The quantitative estimate of drug-likeness (QED) is 0.797. The van der Waals surface area contributed by atoms with Gasteiger partial charge in [-0.2, -0.15) is 10.4 Å². The molecule has 0 radical (unpaired) electrons. The van der Waals surface area contributed by atoms with Gasteiger partial charge < -0.3 is 4.90 Å². The van der Waals surface area contributed by atoms with Crippen molar-refractivity contribution in [3.8, 4) is 6.07 Å². The molecule has 6 nitrogen and oxygen atoms in total. The van der Waals surface area contributed by atoms with Gasteiger partial charge >= 0.3 is 0 Å². The van der Waals surface area contributed by atoms with Gasteiger partial charge in [0.1, 0.15) is 6.07 Å². The van der Waals surface area contributed by atoms with Crippen molar-refractivity contribution < 1.29 is 4.79 Å². The molecule has 6 heteroatoms. The lowest BCUT2D eigenvalue weighted by Gasteiger charge is -2.42. The molecular formula is C14H17N5O. The minimum absolute atomic E-state index is 0.0813. The number of likely N-dealkylation sites (tertiary alicyclic amines) is 2. The second kappa shape index (κ2) is 4.32. The highest BCUT2D eigenvalue weighted by Crippen LogP contribution is 2.34. The largest absolute Gasteiger partial charge is 0.338 e. The number of rotatable bonds is 3. The molecule has 1 aromatic rings. The average Bonchev–Trinajstić information content (AvgIpc) is 3.01. The fourth-order valence-corrected chi connectivity index (χ4v) is 3.28. The van der Waals surface area contributed by atoms with Crippen LogP contribution in [-0.4, -0.2) is 57.2 Å². The van der Waals surface area contributed by atoms with Crippen LogP contribution < -0.4 is 0 Å². The van der Waals surface area contributed by atoms with Gasteiger partial charge in [-0.25, -0.2) is 0 Å². The molecule has 2 saturated heterocycles. The van der Waals surface area contributed by atoms with Crippen molar-refractivity contribution in [2.45, 2.75) is 37.4 Å². The van der Waals surface area contributed by atoms with Crippen molar-refractivity contribution in [1.29, 1.82) is 5.26 Å². The highest BCUT2D eigenvalue weighted by molar-refractivity contribution is 5.84. The van der Waals surface area contributed by atoms with Crippen LogP contribution in [0.4, 0.5) is 0 Å². The van der Waals surface area contributed by atoms with E-state index in [2.05, 4.69) is 21.0 Å². The molecule has 0 bridgehead atoms. The summed E-state index contributed by atoms with van der Waals surface area (Å²) in [5, 5.41) is 13.0. The molecule has 3 fully saturated rings. The molecule has 0 N–H and O–H groups in total. The van der Waals surface area contributed by atoms with E-state index in [4.69, 9.17) is 5.26 Å². The third-order valence-electron chi connectivity index (χ3n) is 4.64. The number of carbonyl (C=O) groups is 1. The molecule has 20 heavy (non-hydrogen) atoms. The van der Waals surface area contributed by atoms with Crippen molar-refractivity contribution in [2.24, 2.45) is 0 Å². The predicted molar refractivity (Wildman–Crippen MR) is 70.7 cm³/mol. The van der Waals surface area contributed by atoms with Gasteiger partial charge in [0.15, 0.2) is 0 Å². The summed E-state index contributed by atoms with van der Waals surface area (Å²) in [7, 11) is 0. The van der Waals surface area contributed by atoms with E-state index in [-0.39, 0.29) is 6.04 Å². The zero-order chi connectivity index (χ0) is 13.7. The van der Waals surface area contributed by atoms with Crippen LogP contribution in [0.3, 0.4) is 0 Å². The van der Waals surface area contributed by atoms with Crippen molar-refractivity contribution in [3.63, 3.8) is 0 Å². The molecule has 1 amide bonds. The summed E-state index contributed by atoms with van der Waals surface area (Å²) in [4.78, 5) is 16.7. The maximum atomic E-state index is 12.3. The maximum absolute atomic E-state index is 12.3. The van der Waals surface area contributed by atoms with E-state index in [9.17, 15) is 4.79 Å². The lowest BCUT2D eigenvalue weighted by atomic mass is 10.0. The van der Waals surface area contributed by atoms with E-state index >= 15 is 0 Å². The highest BCUT2D eigenvalue weighted by atomic mass is 16.2. The fourth-order valence-electron chi connectivity index (χ4n) is 3.28. The maximum Gasteiger partial charge on any atom is 0.240 e. The van der Waals surface area contributed by atoms with Crippen LogP contribution in [0.2, 0.25) is 0 Å². The summed E-state index contributed by atoms with van der Waals surface area (Å²) in [6, 6.07) is 3.01. The van der Waals surface area contributed by atoms with Crippen LogP contribution in [-0.2, 0) is 4.79 Å². The van der Waals surface area contributed by atoms with Gasteiger partial charge in [-0.05, 0) is 19.3 Å². The van der Waals surface area contributed by atoms with Crippen LogP contribution in [0.15, 0.2) is 12.4 Å². The van der Waals surface area contributed by atoms with Gasteiger partial charge in [0.25, 0.3) is 0 Å². The van der Waals surface area contributed by atoms with Crippen molar-refractivity contribution in [1.82, 2.24) is 19.6 Å². The van der Waals surface area contributed by atoms with E-state index in [0.717, 1.165) is 26.1 Å². The Labute approximate surface area is 117 Å². The summed E-state index contributed by atoms with van der Waals surface area (Å²) in [5.74, 6) is 0.323. The molecule has 4 rings (SSSR count). The normalized spacial score (nSPS) is 27.6. The number of amides is 1. The predicted octanol–water partition coefficient (Wildman–Crippen LogP) is 0.375. The van der Waals surface area contributed by atoms with Crippen LogP contribution in [0.25, 0.3) is 0 Å². The zero-order valence-corrected chi connectivity index (χ0v) is 11.3. The van der Waals surface area contributed by atoms with Crippen LogP contribution >= 0.6 is 0 Å². The summed E-state index contributed by atoms with van der Waals surface area (Å²) in [5.41, 5.74) is 0.598. The first-order chi connectivity index (χ1) is 9.76. The Hall–Kier alpha value is -1.87. The van der Waals surface area contributed by atoms with Gasteiger partial charge in [-0.1, -0.05) is 0 Å². The Kier molecular flexibility index (Phi) is 2.57. The molecule has 1 aromatic heterocycles. The first-order valence-electron chi connectivity index (χ1n) is 7.25. The molecule has 3 aliphatic rings. The summed E-state index contributed by atoms with van der Waals surface area (Å²) in [6.07, 6.45) is 6.72. The molecule has 3 heterocycles. The molecule has 1 unspecified atom stereocenters. The lowest BCUT2D eigenvalue weighted by molar-refractivity contribution is -0.134. The van der Waals surface area contributed by atoms with Gasteiger partial charge in [-0.15, -0.1) is 0 Å². The van der Waals surface area contributed by atoms with Gasteiger partial charge in [0.2, 0.25) is 5.91 Å². The van der Waals surface area contributed by atoms with E-state index in [0.29, 0.717) is 23.6 Å². The molecule has 1 aliphatic carbocycles. The summed E-state index contributed by atoms with van der Waals surface area (Å²) >= 11 is 0. The lowest BCUT2D eigenvalue weighted by Crippen LogP contribution is -2.55. The molecule has 0 spiro atoms. The Morgan fingerprint density at radius 3 is 2.70 bits per heavy atom. The van der Waals surface area contributed by atoms with Gasteiger partial charge in [0.05, 0.1) is 23.8 Å². The molecule has 1 saturated carbocycles. The van der Waals surface area contributed by atoms with E-state index < -0.39 is 0 Å². The first-order valence-corrected chi connectivity index (χ1v) is 7.25. The SMILES string of the molecule is N#Cc1cnn(C2CN(C3CCN(C4CC4)C3=O)C2)c1. The number of nitriles is 1. The van der Waals surface area contributed by atoms with Gasteiger partial charge in [0, 0.05) is 31.9 Å². The number of hydrogen-bond acceptors (Lipinski definition) is 4.